The largest absolute Gasteiger partial charge is 0.372 e. The molecule has 4 heteroatoms. The summed E-state index contributed by atoms with van der Waals surface area (Å²) >= 11 is 0. The van der Waals surface area contributed by atoms with E-state index in [1.807, 2.05) is 18.2 Å². The van der Waals surface area contributed by atoms with Crippen LogP contribution in [0.1, 0.15) is 24.0 Å². The molecule has 2 aromatic carbocycles. The Hall–Kier alpha value is -2.33. The van der Waals surface area contributed by atoms with E-state index in [-0.39, 0.29) is 0 Å². The molecular formula is C18H20N2O2. The maximum Gasteiger partial charge on any atom is 0.258 e. The Balaban J connectivity index is 1.97. The second-order valence-corrected chi connectivity index (χ2v) is 5.68. The van der Waals surface area contributed by atoms with Gasteiger partial charge in [0.15, 0.2) is 5.60 Å². The van der Waals surface area contributed by atoms with Gasteiger partial charge in [-0.1, -0.05) is 42.5 Å². The van der Waals surface area contributed by atoms with Gasteiger partial charge in [-0.3, -0.25) is 4.79 Å². The van der Waals surface area contributed by atoms with Crippen LogP contribution in [0.15, 0.2) is 54.6 Å². The minimum Gasteiger partial charge on any atom is -0.372 e. The molecule has 114 valence electrons. The van der Waals surface area contributed by atoms with Crippen LogP contribution in [0, 0.1) is 0 Å². The van der Waals surface area contributed by atoms with Gasteiger partial charge in [-0.15, -0.1) is 0 Å². The van der Waals surface area contributed by atoms with Crippen molar-refractivity contribution in [2.24, 2.45) is 5.73 Å². The van der Waals surface area contributed by atoms with E-state index in [2.05, 4.69) is 4.90 Å². The van der Waals surface area contributed by atoms with Gasteiger partial charge in [0.05, 0.1) is 0 Å². The summed E-state index contributed by atoms with van der Waals surface area (Å²) < 4.78 is 0. The fourth-order valence-electron chi connectivity index (χ4n) is 3.02. The molecule has 0 aromatic heterocycles. The van der Waals surface area contributed by atoms with Crippen molar-refractivity contribution in [1.29, 1.82) is 0 Å². The Labute approximate surface area is 130 Å². The monoisotopic (exact) mass is 296 g/mol. The number of nitrogens with two attached hydrogens (primary N) is 1. The quantitative estimate of drug-likeness (QED) is 0.907. The van der Waals surface area contributed by atoms with E-state index in [1.54, 1.807) is 36.4 Å². The predicted octanol–water partition coefficient (Wildman–Crippen LogP) is 2.01. The lowest BCUT2D eigenvalue weighted by atomic mass is 9.85. The van der Waals surface area contributed by atoms with Crippen molar-refractivity contribution in [1.82, 2.24) is 0 Å². The number of benzene rings is 2. The molecule has 0 saturated carbocycles. The first-order valence-corrected chi connectivity index (χ1v) is 7.55. The summed E-state index contributed by atoms with van der Waals surface area (Å²) in [5, 5.41) is 10.9. The Bertz CT molecular complexity index is 649. The fourth-order valence-corrected chi connectivity index (χ4v) is 3.02. The number of hydrogen-bond donors (Lipinski definition) is 2. The van der Waals surface area contributed by atoms with Crippen molar-refractivity contribution in [3.8, 4) is 0 Å². The third-order valence-electron chi connectivity index (χ3n) is 4.30. The lowest BCUT2D eigenvalue weighted by Crippen LogP contribution is -2.42. The van der Waals surface area contributed by atoms with E-state index in [9.17, 15) is 9.90 Å². The molecule has 0 radical (unpaired) electrons. The van der Waals surface area contributed by atoms with Crippen molar-refractivity contribution < 1.29 is 9.90 Å². The Morgan fingerprint density at radius 3 is 2.05 bits per heavy atom. The molecule has 3 rings (SSSR count). The van der Waals surface area contributed by atoms with E-state index < -0.39 is 11.5 Å². The zero-order valence-corrected chi connectivity index (χ0v) is 12.4. The minimum atomic E-state index is -1.80. The first-order chi connectivity index (χ1) is 10.6. The smallest absolute Gasteiger partial charge is 0.258 e. The molecule has 22 heavy (non-hydrogen) atoms. The highest BCUT2D eigenvalue weighted by atomic mass is 16.3. The van der Waals surface area contributed by atoms with Crippen molar-refractivity contribution in [2.45, 2.75) is 18.4 Å². The molecule has 1 aliphatic heterocycles. The maximum absolute atomic E-state index is 11.9. The molecule has 1 fully saturated rings. The highest BCUT2D eigenvalue weighted by Gasteiger charge is 2.38. The zero-order chi connectivity index (χ0) is 15.6. The summed E-state index contributed by atoms with van der Waals surface area (Å²) in [7, 11) is 0. The van der Waals surface area contributed by atoms with Gasteiger partial charge in [0.25, 0.3) is 5.91 Å². The molecule has 1 saturated heterocycles. The van der Waals surface area contributed by atoms with Gasteiger partial charge < -0.3 is 15.7 Å². The number of amides is 1. The third-order valence-corrected chi connectivity index (χ3v) is 4.30. The normalized spacial score (nSPS) is 17.2. The Kier molecular flexibility index (Phi) is 3.86. The standard InChI is InChI=1S/C18H20N2O2/c19-17(21)18(22,14-6-2-1-3-7-14)15-8-10-16(11-9-15)20-12-4-5-13-20/h1-3,6-11,22H,4-5,12-13H2,(H2,19,21). The first kappa shape index (κ1) is 14.6. The van der Waals surface area contributed by atoms with Crippen LogP contribution >= 0.6 is 0 Å². The van der Waals surface area contributed by atoms with Gasteiger partial charge >= 0.3 is 0 Å². The molecule has 2 aromatic rings. The molecule has 0 aliphatic carbocycles. The summed E-state index contributed by atoms with van der Waals surface area (Å²) in [6, 6.07) is 16.3. The molecule has 1 heterocycles. The third kappa shape index (κ3) is 2.46. The van der Waals surface area contributed by atoms with Gasteiger partial charge in [-0.05, 0) is 36.1 Å². The number of carbonyl (C=O) groups excluding carboxylic acids is 1. The van der Waals surface area contributed by atoms with E-state index >= 15 is 0 Å². The van der Waals surface area contributed by atoms with Gasteiger partial charge in [0.1, 0.15) is 0 Å². The van der Waals surface area contributed by atoms with Crippen LogP contribution in [0.4, 0.5) is 5.69 Å². The van der Waals surface area contributed by atoms with Crippen LogP contribution < -0.4 is 10.6 Å². The highest BCUT2D eigenvalue weighted by molar-refractivity contribution is 5.88. The van der Waals surface area contributed by atoms with Crippen LogP contribution in [-0.4, -0.2) is 24.1 Å². The SMILES string of the molecule is NC(=O)C(O)(c1ccccc1)c1ccc(N2CCCC2)cc1. The lowest BCUT2D eigenvalue weighted by Gasteiger charge is -2.26. The molecule has 1 aliphatic rings. The van der Waals surface area contributed by atoms with Crippen LogP contribution in [-0.2, 0) is 10.4 Å². The van der Waals surface area contributed by atoms with E-state index in [0.717, 1.165) is 18.8 Å². The van der Waals surface area contributed by atoms with Crippen molar-refractivity contribution >= 4 is 11.6 Å². The van der Waals surface area contributed by atoms with Gasteiger partial charge in [-0.25, -0.2) is 0 Å². The number of carbonyl (C=O) groups is 1. The number of primary amides is 1. The number of hydrogen-bond acceptors (Lipinski definition) is 3. The van der Waals surface area contributed by atoms with Gasteiger partial charge in [0.2, 0.25) is 0 Å². The topological polar surface area (TPSA) is 66.6 Å². The number of rotatable bonds is 4. The average Bonchev–Trinajstić information content (AvgIpc) is 3.09. The minimum absolute atomic E-state index is 0.483. The molecule has 0 bridgehead atoms. The molecule has 4 nitrogen and oxygen atoms in total. The summed E-state index contributed by atoms with van der Waals surface area (Å²) in [6.07, 6.45) is 2.41. The first-order valence-electron chi connectivity index (χ1n) is 7.55. The summed E-state index contributed by atoms with van der Waals surface area (Å²) in [5.41, 5.74) is 5.78. The summed E-state index contributed by atoms with van der Waals surface area (Å²) in [4.78, 5) is 14.2. The number of aliphatic hydroxyl groups is 1. The van der Waals surface area contributed by atoms with Crippen LogP contribution in [0.25, 0.3) is 0 Å². The van der Waals surface area contributed by atoms with Crippen molar-refractivity contribution in [2.75, 3.05) is 18.0 Å². The van der Waals surface area contributed by atoms with Gasteiger partial charge in [0, 0.05) is 18.8 Å². The second-order valence-electron chi connectivity index (χ2n) is 5.68. The van der Waals surface area contributed by atoms with Crippen LogP contribution in [0.2, 0.25) is 0 Å². The lowest BCUT2D eigenvalue weighted by molar-refractivity contribution is -0.133. The number of nitrogens with zero attached hydrogens (tertiary/aromatic N) is 1. The van der Waals surface area contributed by atoms with Crippen LogP contribution in [0.3, 0.4) is 0 Å². The summed E-state index contributed by atoms with van der Waals surface area (Å²) in [6.45, 7) is 2.11. The predicted molar refractivity (Wildman–Crippen MR) is 86.5 cm³/mol. The second kappa shape index (κ2) is 5.81. The summed E-state index contributed by atoms with van der Waals surface area (Å²) in [5.74, 6) is -0.771. The zero-order valence-electron chi connectivity index (χ0n) is 12.4. The fraction of sp³-hybridized carbons (Fsp3) is 0.278. The molecule has 1 amide bonds. The van der Waals surface area contributed by atoms with E-state index in [1.165, 1.54) is 12.8 Å². The molecular weight excluding hydrogens is 276 g/mol. The van der Waals surface area contributed by atoms with Crippen molar-refractivity contribution in [3.05, 3.63) is 65.7 Å². The van der Waals surface area contributed by atoms with Crippen LogP contribution in [0.5, 0.6) is 0 Å². The van der Waals surface area contributed by atoms with Crippen molar-refractivity contribution in [3.63, 3.8) is 0 Å². The maximum atomic E-state index is 11.9. The molecule has 3 N–H and O–H groups in total. The molecule has 1 atom stereocenters. The van der Waals surface area contributed by atoms with Gasteiger partial charge in [-0.2, -0.15) is 0 Å². The molecule has 0 spiro atoms. The average molecular weight is 296 g/mol. The highest BCUT2D eigenvalue weighted by Crippen LogP contribution is 2.31. The number of anilines is 1. The van der Waals surface area contributed by atoms with E-state index in [0.29, 0.717) is 11.1 Å². The Morgan fingerprint density at radius 2 is 1.50 bits per heavy atom. The Morgan fingerprint density at radius 1 is 0.955 bits per heavy atom. The molecule has 1 unspecified atom stereocenters. The van der Waals surface area contributed by atoms with E-state index in [4.69, 9.17) is 5.73 Å².